The van der Waals surface area contributed by atoms with Crippen molar-refractivity contribution in [1.82, 2.24) is 0 Å². The SMILES string of the molecule is O=S(=O)(Cl)c1cccc2c(C(F)(F)F)cccc12. The van der Waals surface area contributed by atoms with Crippen LogP contribution in [0.5, 0.6) is 0 Å². The molecule has 0 amide bonds. The molecule has 2 aromatic rings. The van der Waals surface area contributed by atoms with Crippen LogP contribution in [0.4, 0.5) is 13.2 Å². The fourth-order valence-corrected chi connectivity index (χ4v) is 2.83. The standard InChI is InChI=1S/C11H6ClF3O2S/c12-18(16,17)10-6-2-3-7-8(10)4-1-5-9(7)11(13,14)15/h1-6H. The van der Waals surface area contributed by atoms with Crippen molar-refractivity contribution < 1.29 is 21.6 Å². The second-order valence-corrected chi connectivity index (χ2v) is 6.13. The number of hydrogen-bond acceptors (Lipinski definition) is 2. The van der Waals surface area contributed by atoms with E-state index < -0.39 is 20.8 Å². The maximum Gasteiger partial charge on any atom is 0.417 e. The average molecular weight is 295 g/mol. The van der Waals surface area contributed by atoms with E-state index in [1.165, 1.54) is 24.3 Å². The topological polar surface area (TPSA) is 34.1 Å². The molecule has 0 aromatic heterocycles. The lowest BCUT2D eigenvalue weighted by Gasteiger charge is -2.11. The molecule has 0 aliphatic heterocycles. The molecule has 7 heteroatoms. The van der Waals surface area contributed by atoms with Gasteiger partial charge in [-0.1, -0.05) is 24.3 Å². The first-order valence-corrected chi connectivity index (χ1v) is 7.06. The van der Waals surface area contributed by atoms with Crippen LogP contribution in [0.2, 0.25) is 0 Å². The number of fused-ring (bicyclic) bond motifs is 1. The van der Waals surface area contributed by atoms with Gasteiger partial charge in [-0.05, 0) is 17.5 Å². The lowest BCUT2D eigenvalue weighted by molar-refractivity contribution is -0.136. The van der Waals surface area contributed by atoms with Gasteiger partial charge in [0.25, 0.3) is 9.05 Å². The van der Waals surface area contributed by atoms with E-state index in [0.29, 0.717) is 0 Å². The zero-order chi connectivity index (χ0) is 13.6. The molecule has 2 aromatic carbocycles. The van der Waals surface area contributed by atoms with Gasteiger partial charge in [0.1, 0.15) is 0 Å². The van der Waals surface area contributed by atoms with Gasteiger partial charge in [-0.2, -0.15) is 13.2 Å². The van der Waals surface area contributed by atoms with Crippen molar-refractivity contribution in [3.05, 3.63) is 42.0 Å². The molecular formula is C11H6ClF3O2S. The van der Waals surface area contributed by atoms with E-state index in [2.05, 4.69) is 0 Å². The second kappa shape index (κ2) is 4.13. The highest BCUT2D eigenvalue weighted by molar-refractivity contribution is 8.14. The first-order valence-electron chi connectivity index (χ1n) is 4.75. The molecule has 0 heterocycles. The van der Waals surface area contributed by atoms with Gasteiger partial charge >= 0.3 is 6.18 Å². The fourth-order valence-electron chi connectivity index (χ4n) is 1.74. The molecule has 0 N–H and O–H groups in total. The highest BCUT2D eigenvalue weighted by atomic mass is 35.7. The van der Waals surface area contributed by atoms with Gasteiger partial charge in [0.2, 0.25) is 0 Å². The first-order chi connectivity index (χ1) is 8.21. The van der Waals surface area contributed by atoms with Crippen LogP contribution in [-0.2, 0) is 15.2 Å². The van der Waals surface area contributed by atoms with Crippen LogP contribution in [0.15, 0.2) is 41.3 Å². The summed E-state index contributed by atoms with van der Waals surface area (Å²) in [4.78, 5) is -0.326. The zero-order valence-electron chi connectivity index (χ0n) is 8.70. The third-order valence-corrected chi connectivity index (χ3v) is 3.83. The highest BCUT2D eigenvalue weighted by Crippen LogP contribution is 2.36. The van der Waals surface area contributed by atoms with Gasteiger partial charge in [0, 0.05) is 16.1 Å². The van der Waals surface area contributed by atoms with Crippen molar-refractivity contribution in [3.63, 3.8) is 0 Å². The third-order valence-electron chi connectivity index (χ3n) is 2.45. The molecule has 0 radical (unpaired) electrons. The lowest BCUT2D eigenvalue weighted by Crippen LogP contribution is -2.06. The Balaban J connectivity index is 2.91. The zero-order valence-corrected chi connectivity index (χ0v) is 10.3. The molecule has 0 spiro atoms. The monoisotopic (exact) mass is 294 g/mol. The number of halogens is 4. The molecule has 0 atom stereocenters. The van der Waals surface area contributed by atoms with Crippen LogP contribution in [-0.4, -0.2) is 8.42 Å². The molecular weight excluding hydrogens is 289 g/mol. The minimum Gasteiger partial charge on any atom is -0.207 e. The van der Waals surface area contributed by atoms with Crippen molar-refractivity contribution in [2.24, 2.45) is 0 Å². The maximum absolute atomic E-state index is 12.8. The fraction of sp³-hybridized carbons (Fsp3) is 0.0909. The van der Waals surface area contributed by atoms with Crippen LogP contribution >= 0.6 is 10.7 Å². The van der Waals surface area contributed by atoms with E-state index in [4.69, 9.17) is 10.7 Å². The lowest BCUT2D eigenvalue weighted by atomic mass is 10.0. The van der Waals surface area contributed by atoms with Crippen molar-refractivity contribution >= 4 is 30.5 Å². The van der Waals surface area contributed by atoms with E-state index in [-0.39, 0.29) is 15.7 Å². The normalized spacial score (nSPS) is 12.9. The summed E-state index contributed by atoms with van der Waals surface area (Å²) in [6.07, 6.45) is -4.55. The molecule has 0 aliphatic carbocycles. The van der Waals surface area contributed by atoms with E-state index >= 15 is 0 Å². The van der Waals surface area contributed by atoms with Gasteiger partial charge in [-0.15, -0.1) is 0 Å². The summed E-state index contributed by atoms with van der Waals surface area (Å²) in [7, 11) is 1.11. The molecule has 2 nitrogen and oxygen atoms in total. The molecule has 18 heavy (non-hydrogen) atoms. The van der Waals surface area contributed by atoms with Gasteiger partial charge in [0.05, 0.1) is 10.5 Å². The Morgan fingerprint density at radius 1 is 0.944 bits per heavy atom. The summed E-state index contributed by atoms with van der Waals surface area (Å²) in [5.74, 6) is 0. The van der Waals surface area contributed by atoms with Gasteiger partial charge in [-0.25, -0.2) is 8.42 Å². The summed E-state index contributed by atoms with van der Waals surface area (Å²) in [6.45, 7) is 0. The van der Waals surface area contributed by atoms with Gasteiger partial charge < -0.3 is 0 Å². The summed E-state index contributed by atoms with van der Waals surface area (Å²) in [6, 6.07) is 6.95. The van der Waals surface area contributed by atoms with E-state index in [0.717, 1.165) is 12.1 Å². The number of rotatable bonds is 1. The van der Waals surface area contributed by atoms with E-state index in [9.17, 15) is 21.6 Å². The Kier molecular flexibility index (Phi) is 3.03. The number of benzene rings is 2. The molecule has 0 saturated heterocycles. The molecule has 96 valence electrons. The van der Waals surface area contributed by atoms with Crippen molar-refractivity contribution in [2.75, 3.05) is 0 Å². The predicted molar refractivity (Wildman–Crippen MR) is 62.0 cm³/mol. The summed E-state index contributed by atoms with van der Waals surface area (Å²) in [5, 5.41) is -0.228. The van der Waals surface area contributed by atoms with Crippen LogP contribution in [0, 0.1) is 0 Å². The Labute approximate surface area is 105 Å². The molecule has 0 aliphatic rings. The molecule has 0 bridgehead atoms. The van der Waals surface area contributed by atoms with Crippen molar-refractivity contribution in [2.45, 2.75) is 11.1 Å². The Bertz CT molecular complexity index is 708. The van der Waals surface area contributed by atoms with Crippen LogP contribution < -0.4 is 0 Å². The molecule has 0 fully saturated rings. The number of hydrogen-bond donors (Lipinski definition) is 0. The Morgan fingerprint density at radius 2 is 1.50 bits per heavy atom. The Morgan fingerprint density at radius 3 is 2.06 bits per heavy atom. The smallest absolute Gasteiger partial charge is 0.207 e. The quantitative estimate of drug-likeness (QED) is 0.750. The van der Waals surface area contributed by atoms with Crippen LogP contribution in [0.25, 0.3) is 10.8 Å². The van der Waals surface area contributed by atoms with Crippen molar-refractivity contribution in [3.8, 4) is 0 Å². The minimum atomic E-state index is -4.55. The molecule has 0 saturated carbocycles. The Hall–Kier alpha value is -1.27. The average Bonchev–Trinajstić information content (AvgIpc) is 2.24. The number of alkyl halides is 3. The molecule has 0 unspecified atom stereocenters. The summed E-state index contributed by atoms with van der Waals surface area (Å²) in [5.41, 5.74) is -0.887. The van der Waals surface area contributed by atoms with Crippen LogP contribution in [0.3, 0.4) is 0 Å². The summed E-state index contributed by atoms with van der Waals surface area (Å²) >= 11 is 0. The highest BCUT2D eigenvalue weighted by Gasteiger charge is 2.32. The van der Waals surface area contributed by atoms with Gasteiger partial charge in [-0.3, -0.25) is 0 Å². The van der Waals surface area contributed by atoms with Gasteiger partial charge in [0.15, 0.2) is 0 Å². The van der Waals surface area contributed by atoms with E-state index in [1.807, 2.05) is 0 Å². The second-order valence-electron chi connectivity index (χ2n) is 3.59. The third kappa shape index (κ3) is 2.30. The summed E-state index contributed by atoms with van der Waals surface area (Å²) < 4.78 is 60.9. The molecule has 2 rings (SSSR count). The minimum absolute atomic E-state index is 0.0395. The first kappa shape index (κ1) is 13.2. The maximum atomic E-state index is 12.8. The largest absolute Gasteiger partial charge is 0.417 e. The predicted octanol–water partition coefficient (Wildman–Crippen LogP) is 3.79. The van der Waals surface area contributed by atoms with Crippen LogP contribution in [0.1, 0.15) is 5.56 Å². The van der Waals surface area contributed by atoms with Crippen molar-refractivity contribution in [1.29, 1.82) is 0 Å². The van der Waals surface area contributed by atoms with E-state index in [1.54, 1.807) is 0 Å².